The van der Waals surface area contributed by atoms with E-state index in [-0.39, 0.29) is 22.2 Å². The number of rotatable bonds is 7. The molecular formula is C52H48O2. The van der Waals surface area contributed by atoms with Gasteiger partial charge in [0.1, 0.15) is 0 Å². The number of hydrogen-bond acceptors (Lipinski definition) is 2. The average Bonchev–Trinajstić information content (AvgIpc) is 3.64. The van der Waals surface area contributed by atoms with Gasteiger partial charge in [-0.1, -0.05) is 139 Å². The fourth-order valence-corrected chi connectivity index (χ4v) is 9.66. The highest BCUT2D eigenvalue weighted by molar-refractivity contribution is 5.89. The highest BCUT2D eigenvalue weighted by atomic mass is 16.5. The fraction of sp³-hybridized carbons (Fsp3) is 0.250. The van der Waals surface area contributed by atoms with Crippen molar-refractivity contribution < 1.29 is 9.53 Å². The standard InChI is InChI=1S/C52H48O2/c1-31(2)49(53)54-25-11-12-32-15-20-38-40-22-17-34(28-46(40)51(5,6)44(38)26-32)36-19-24-42-41-23-18-35(29-47(41)52(7,8)48(42)30-36)33-16-21-39-37-13-9-10-14-43(37)50(3,4)45(39)27-33/h9-10,13-24,26-30H,1,11-12,25H2,2-8H3. The molecule has 3 aliphatic carbocycles. The number of carbonyl (C=O) groups excluding carboxylic acids is 1. The Hall–Kier alpha value is -5.47. The Morgan fingerprint density at radius 2 is 0.870 bits per heavy atom. The zero-order valence-corrected chi connectivity index (χ0v) is 32.6. The molecule has 6 aromatic rings. The van der Waals surface area contributed by atoms with Crippen LogP contribution in [0.15, 0.2) is 127 Å². The highest BCUT2D eigenvalue weighted by Gasteiger charge is 2.39. The molecule has 0 bridgehead atoms. The van der Waals surface area contributed by atoms with Crippen LogP contribution in [0, 0.1) is 0 Å². The molecule has 0 aliphatic heterocycles. The molecule has 3 aliphatic rings. The third-order valence-electron chi connectivity index (χ3n) is 12.9. The number of ether oxygens (including phenoxy) is 1. The molecule has 9 rings (SSSR count). The molecule has 0 atom stereocenters. The van der Waals surface area contributed by atoms with Gasteiger partial charge in [-0.2, -0.15) is 0 Å². The first-order chi connectivity index (χ1) is 25.8. The number of benzene rings is 6. The van der Waals surface area contributed by atoms with Crippen LogP contribution in [0.5, 0.6) is 0 Å². The molecule has 0 heterocycles. The van der Waals surface area contributed by atoms with E-state index in [0.717, 1.165) is 12.8 Å². The third kappa shape index (κ3) is 5.10. The van der Waals surface area contributed by atoms with E-state index in [1.54, 1.807) is 6.92 Å². The van der Waals surface area contributed by atoms with Crippen LogP contribution in [-0.4, -0.2) is 12.6 Å². The maximum absolute atomic E-state index is 11.8. The van der Waals surface area contributed by atoms with Gasteiger partial charge in [-0.05, 0) is 139 Å². The topological polar surface area (TPSA) is 26.3 Å². The van der Waals surface area contributed by atoms with Crippen LogP contribution >= 0.6 is 0 Å². The molecule has 0 fully saturated rings. The summed E-state index contributed by atoms with van der Waals surface area (Å²) in [4.78, 5) is 11.8. The van der Waals surface area contributed by atoms with Crippen LogP contribution in [0.25, 0.3) is 55.6 Å². The second-order valence-electron chi connectivity index (χ2n) is 17.4. The predicted molar refractivity (Wildman–Crippen MR) is 224 cm³/mol. The van der Waals surface area contributed by atoms with E-state index >= 15 is 0 Å². The first-order valence-electron chi connectivity index (χ1n) is 19.4. The van der Waals surface area contributed by atoms with Crippen molar-refractivity contribution in [1.29, 1.82) is 0 Å². The molecule has 0 aromatic heterocycles. The highest BCUT2D eigenvalue weighted by Crippen LogP contribution is 2.54. The van der Waals surface area contributed by atoms with Gasteiger partial charge < -0.3 is 4.74 Å². The van der Waals surface area contributed by atoms with E-state index in [9.17, 15) is 4.79 Å². The van der Waals surface area contributed by atoms with Gasteiger partial charge in [0.2, 0.25) is 0 Å². The molecule has 0 saturated carbocycles. The normalized spacial score (nSPS) is 15.8. The van der Waals surface area contributed by atoms with Gasteiger partial charge in [-0.15, -0.1) is 0 Å². The van der Waals surface area contributed by atoms with Crippen molar-refractivity contribution in [3.8, 4) is 55.6 Å². The number of fused-ring (bicyclic) bond motifs is 9. The number of aryl methyl sites for hydroxylation is 1. The van der Waals surface area contributed by atoms with Crippen molar-refractivity contribution in [2.45, 2.75) is 77.6 Å². The number of carbonyl (C=O) groups is 1. The van der Waals surface area contributed by atoms with Gasteiger partial charge in [-0.25, -0.2) is 4.79 Å². The quantitative estimate of drug-likeness (QED) is 0.0939. The van der Waals surface area contributed by atoms with Gasteiger partial charge in [0, 0.05) is 21.8 Å². The van der Waals surface area contributed by atoms with E-state index in [4.69, 9.17) is 4.74 Å². The molecule has 6 aromatic carbocycles. The molecule has 0 N–H and O–H groups in total. The maximum Gasteiger partial charge on any atom is 0.333 e. The molecule has 2 nitrogen and oxygen atoms in total. The smallest absolute Gasteiger partial charge is 0.333 e. The van der Waals surface area contributed by atoms with Crippen molar-refractivity contribution in [2.24, 2.45) is 0 Å². The molecule has 2 heteroatoms. The van der Waals surface area contributed by atoms with Crippen LogP contribution in [0.3, 0.4) is 0 Å². The summed E-state index contributed by atoms with van der Waals surface area (Å²) in [6.45, 7) is 19.9. The lowest BCUT2D eigenvalue weighted by Gasteiger charge is -2.24. The Bertz CT molecular complexity index is 2570. The Balaban J connectivity index is 0.993. The first-order valence-corrected chi connectivity index (χ1v) is 19.4. The molecule has 268 valence electrons. The minimum Gasteiger partial charge on any atom is -0.462 e. The van der Waals surface area contributed by atoms with Crippen LogP contribution in [0.2, 0.25) is 0 Å². The molecule has 0 amide bonds. The Morgan fingerprint density at radius 1 is 0.500 bits per heavy atom. The summed E-state index contributed by atoms with van der Waals surface area (Å²) < 4.78 is 5.34. The molecule has 54 heavy (non-hydrogen) atoms. The fourth-order valence-electron chi connectivity index (χ4n) is 9.66. The zero-order valence-electron chi connectivity index (χ0n) is 32.6. The third-order valence-corrected chi connectivity index (χ3v) is 12.9. The average molecular weight is 705 g/mol. The summed E-state index contributed by atoms with van der Waals surface area (Å²) in [6, 6.07) is 44.1. The van der Waals surface area contributed by atoms with Crippen LogP contribution in [0.4, 0.5) is 0 Å². The van der Waals surface area contributed by atoms with E-state index in [1.165, 1.54) is 94.6 Å². The first kappa shape index (κ1) is 34.3. The van der Waals surface area contributed by atoms with Gasteiger partial charge in [0.05, 0.1) is 6.61 Å². The van der Waals surface area contributed by atoms with Crippen molar-refractivity contribution in [3.63, 3.8) is 0 Å². The summed E-state index contributed by atoms with van der Waals surface area (Å²) in [6.07, 6.45) is 1.65. The molecule has 0 radical (unpaired) electrons. The van der Waals surface area contributed by atoms with E-state index in [2.05, 4.69) is 163 Å². The lowest BCUT2D eigenvalue weighted by molar-refractivity contribution is -0.139. The summed E-state index contributed by atoms with van der Waals surface area (Å²) in [5.41, 5.74) is 22.9. The summed E-state index contributed by atoms with van der Waals surface area (Å²) >= 11 is 0. The van der Waals surface area contributed by atoms with Crippen molar-refractivity contribution >= 4 is 5.97 Å². The Labute approximate surface area is 320 Å². The van der Waals surface area contributed by atoms with Gasteiger partial charge in [0.15, 0.2) is 0 Å². The van der Waals surface area contributed by atoms with E-state index in [1.807, 2.05) is 0 Å². The molecule has 0 unspecified atom stereocenters. The van der Waals surface area contributed by atoms with Crippen molar-refractivity contribution in [2.75, 3.05) is 6.61 Å². The van der Waals surface area contributed by atoms with Gasteiger partial charge >= 0.3 is 5.97 Å². The van der Waals surface area contributed by atoms with E-state index < -0.39 is 0 Å². The van der Waals surface area contributed by atoms with Crippen LogP contribution < -0.4 is 0 Å². The summed E-state index contributed by atoms with van der Waals surface area (Å²) in [5, 5.41) is 0. The Kier molecular flexibility index (Phi) is 7.64. The number of esters is 1. The SMILES string of the molecule is C=C(C)C(=O)OCCCc1ccc2c(c1)C(C)(C)c1cc(-c3ccc4c(c3)C(C)(C)c3cc(-c5ccc6c(c5)C(C)(C)c5ccccc5-6)ccc3-4)ccc1-2. The summed E-state index contributed by atoms with van der Waals surface area (Å²) in [5.74, 6) is -0.316. The monoisotopic (exact) mass is 704 g/mol. The second kappa shape index (κ2) is 12.0. The Morgan fingerprint density at radius 3 is 1.31 bits per heavy atom. The van der Waals surface area contributed by atoms with Crippen LogP contribution in [-0.2, 0) is 32.2 Å². The largest absolute Gasteiger partial charge is 0.462 e. The predicted octanol–water partition coefficient (Wildman–Crippen LogP) is 13.0. The maximum atomic E-state index is 11.8. The van der Waals surface area contributed by atoms with Gasteiger partial charge in [0.25, 0.3) is 0 Å². The van der Waals surface area contributed by atoms with Gasteiger partial charge in [-0.3, -0.25) is 0 Å². The van der Waals surface area contributed by atoms with Crippen molar-refractivity contribution in [1.82, 2.24) is 0 Å². The molecule has 0 saturated heterocycles. The summed E-state index contributed by atoms with van der Waals surface area (Å²) in [7, 11) is 0. The zero-order chi connectivity index (χ0) is 37.7. The number of hydrogen-bond donors (Lipinski definition) is 0. The minimum atomic E-state index is -0.316. The molecule has 0 spiro atoms. The molecular weight excluding hydrogens is 657 g/mol. The lowest BCUT2D eigenvalue weighted by atomic mass is 9.79. The van der Waals surface area contributed by atoms with E-state index in [0.29, 0.717) is 12.2 Å². The minimum absolute atomic E-state index is 0.0209. The lowest BCUT2D eigenvalue weighted by Crippen LogP contribution is -2.16. The second-order valence-corrected chi connectivity index (χ2v) is 17.4. The van der Waals surface area contributed by atoms with Crippen LogP contribution in [0.1, 0.15) is 93.8 Å². The van der Waals surface area contributed by atoms with Crippen molar-refractivity contribution in [3.05, 3.63) is 166 Å².